The number of halogens is 2. The van der Waals surface area contributed by atoms with E-state index in [9.17, 15) is 4.21 Å². The van der Waals surface area contributed by atoms with Gasteiger partial charge in [0.1, 0.15) is 0 Å². The first-order chi connectivity index (χ1) is 12.4. The molecule has 0 heterocycles. The van der Waals surface area contributed by atoms with Gasteiger partial charge >= 0.3 is 0 Å². The number of hydrogen-bond acceptors (Lipinski definition) is 2. The summed E-state index contributed by atoms with van der Waals surface area (Å²) in [4.78, 5) is 4.38. The highest BCUT2D eigenvalue weighted by molar-refractivity contribution is 14.0. The highest BCUT2D eigenvalue weighted by atomic mass is 127. The average molecular weight is 526 g/mol. The quantitative estimate of drug-likeness (QED) is 0.327. The smallest absolute Gasteiger partial charge is 0.191 e. The summed E-state index contributed by atoms with van der Waals surface area (Å²) in [5.74, 6) is 1.57. The molecular formula is C20H33ClIN3OS. The second-order valence-corrected chi connectivity index (χ2v) is 10.1. The fourth-order valence-corrected chi connectivity index (χ4v) is 4.92. The maximum Gasteiger partial charge on any atom is 0.191 e. The third kappa shape index (κ3) is 7.54. The van der Waals surface area contributed by atoms with Gasteiger partial charge < -0.3 is 10.6 Å². The van der Waals surface area contributed by atoms with Crippen molar-refractivity contribution in [1.82, 2.24) is 10.6 Å². The van der Waals surface area contributed by atoms with E-state index < -0.39 is 10.8 Å². The summed E-state index contributed by atoms with van der Waals surface area (Å²) in [6, 6.07) is 8.36. The van der Waals surface area contributed by atoms with E-state index in [4.69, 9.17) is 11.6 Å². The number of nitrogens with one attached hydrogen (secondary N) is 2. The molecule has 0 radical (unpaired) electrons. The van der Waals surface area contributed by atoms with Crippen molar-refractivity contribution in [3.8, 4) is 0 Å². The zero-order valence-electron chi connectivity index (χ0n) is 16.8. The van der Waals surface area contributed by atoms with Crippen molar-refractivity contribution in [3.05, 3.63) is 34.9 Å². The highest BCUT2D eigenvalue weighted by Gasteiger charge is 2.27. The molecule has 1 saturated carbocycles. The predicted octanol–water partition coefficient (Wildman–Crippen LogP) is 4.48. The highest BCUT2D eigenvalue weighted by Crippen LogP contribution is 2.25. The molecule has 0 amide bonds. The van der Waals surface area contributed by atoms with Gasteiger partial charge in [-0.3, -0.25) is 9.20 Å². The molecule has 1 aromatic carbocycles. The summed E-state index contributed by atoms with van der Waals surface area (Å²) in [5.41, 5.74) is 1.20. The zero-order chi connectivity index (χ0) is 19.2. The van der Waals surface area contributed by atoms with Gasteiger partial charge in [0.2, 0.25) is 0 Å². The minimum absolute atomic E-state index is 0. The van der Waals surface area contributed by atoms with Crippen LogP contribution in [-0.4, -0.2) is 40.8 Å². The van der Waals surface area contributed by atoms with Gasteiger partial charge in [-0.2, -0.15) is 0 Å². The Morgan fingerprint density at radius 3 is 2.56 bits per heavy atom. The van der Waals surface area contributed by atoms with Crippen LogP contribution in [0.2, 0.25) is 5.02 Å². The number of hydrogen-bond donors (Lipinski definition) is 2. The number of nitrogens with zero attached hydrogens (tertiary/aromatic N) is 1. The van der Waals surface area contributed by atoms with Crippen LogP contribution in [0.15, 0.2) is 29.3 Å². The summed E-state index contributed by atoms with van der Waals surface area (Å²) in [7, 11) is 1.09. The Kier molecular flexibility index (Phi) is 10.6. The van der Waals surface area contributed by atoms with Crippen LogP contribution in [0, 0.1) is 0 Å². The summed E-state index contributed by atoms with van der Waals surface area (Å²) < 4.78 is 12.1. The van der Waals surface area contributed by atoms with E-state index in [2.05, 4.69) is 41.6 Å². The first-order valence-electron chi connectivity index (χ1n) is 9.46. The molecule has 4 nitrogen and oxygen atoms in total. The summed E-state index contributed by atoms with van der Waals surface area (Å²) in [5, 5.41) is 8.06. The van der Waals surface area contributed by atoms with Crippen LogP contribution in [0.4, 0.5) is 0 Å². The largest absolute Gasteiger partial charge is 0.356 e. The first-order valence-corrected chi connectivity index (χ1v) is 11.2. The predicted molar refractivity (Wildman–Crippen MR) is 129 cm³/mol. The lowest BCUT2D eigenvalue weighted by atomic mass is 9.84. The number of rotatable bonds is 6. The second kappa shape index (κ2) is 11.6. The van der Waals surface area contributed by atoms with Crippen molar-refractivity contribution in [1.29, 1.82) is 0 Å². The van der Waals surface area contributed by atoms with E-state index in [1.54, 1.807) is 7.05 Å². The van der Waals surface area contributed by atoms with Crippen molar-refractivity contribution in [2.75, 3.05) is 19.3 Å². The Balaban J connectivity index is 0.00000364. The molecule has 0 spiro atoms. The molecule has 154 valence electrons. The fraction of sp³-hybridized carbons (Fsp3) is 0.650. The molecule has 2 rings (SSSR count). The van der Waals surface area contributed by atoms with Crippen LogP contribution in [0.5, 0.6) is 0 Å². The normalized spacial score (nSPS) is 21.9. The monoisotopic (exact) mass is 525 g/mol. The zero-order valence-corrected chi connectivity index (χ0v) is 20.7. The molecule has 1 aliphatic carbocycles. The molecular weight excluding hydrogens is 493 g/mol. The standard InChI is InChI=1S/C20H32ClN3OS.HI/c1-5-26(25)18-8-6-7-17(13-18)24-19(22-4)23-14-20(2,3)15-9-11-16(21)12-10-15;/h9-12,17-18H,5-8,13-14H2,1-4H3,(H2,22,23,24);1H. The molecule has 0 bridgehead atoms. The third-order valence-corrected chi connectivity index (χ3v) is 7.16. The van der Waals surface area contributed by atoms with Gasteiger partial charge in [0.05, 0.1) is 0 Å². The maximum atomic E-state index is 12.1. The van der Waals surface area contributed by atoms with Gasteiger partial charge in [0.15, 0.2) is 5.96 Å². The van der Waals surface area contributed by atoms with Crippen LogP contribution >= 0.6 is 35.6 Å². The maximum absolute atomic E-state index is 12.1. The van der Waals surface area contributed by atoms with Gasteiger partial charge in [-0.05, 0) is 37.0 Å². The van der Waals surface area contributed by atoms with Crippen LogP contribution in [0.25, 0.3) is 0 Å². The van der Waals surface area contributed by atoms with Gasteiger partial charge in [0, 0.05) is 51.9 Å². The summed E-state index contributed by atoms with van der Waals surface area (Å²) >= 11 is 6.00. The number of aliphatic imine (C=N–C) groups is 1. The topological polar surface area (TPSA) is 53.5 Å². The van der Waals surface area contributed by atoms with Crippen LogP contribution in [0.3, 0.4) is 0 Å². The Morgan fingerprint density at radius 1 is 1.30 bits per heavy atom. The van der Waals surface area contributed by atoms with E-state index in [1.807, 2.05) is 19.1 Å². The fourth-order valence-electron chi connectivity index (χ4n) is 3.45. The van der Waals surface area contributed by atoms with Crippen LogP contribution in [-0.2, 0) is 16.2 Å². The van der Waals surface area contributed by atoms with Gasteiger partial charge in [-0.25, -0.2) is 0 Å². The van der Waals surface area contributed by atoms with Gasteiger partial charge in [0.25, 0.3) is 0 Å². The molecule has 0 aromatic heterocycles. The molecule has 1 fully saturated rings. The average Bonchev–Trinajstić information content (AvgIpc) is 2.65. The van der Waals surface area contributed by atoms with E-state index >= 15 is 0 Å². The lowest BCUT2D eigenvalue weighted by molar-refractivity contribution is 0.410. The number of benzene rings is 1. The molecule has 7 heteroatoms. The summed E-state index contributed by atoms with van der Waals surface area (Å²) in [6.45, 7) is 7.19. The Bertz CT molecular complexity index is 637. The molecule has 1 aliphatic rings. The van der Waals surface area contributed by atoms with E-state index in [0.29, 0.717) is 11.3 Å². The minimum Gasteiger partial charge on any atom is -0.356 e. The third-order valence-electron chi connectivity index (χ3n) is 5.17. The molecule has 27 heavy (non-hydrogen) atoms. The van der Waals surface area contributed by atoms with E-state index in [1.165, 1.54) is 5.56 Å². The lowest BCUT2D eigenvalue weighted by Gasteiger charge is -2.31. The SMILES string of the molecule is CCS(=O)C1CCCC(NC(=NC)NCC(C)(C)c2ccc(Cl)cc2)C1.I. The van der Waals surface area contributed by atoms with Crippen LogP contribution in [0.1, 0.15) is 52.0 Å². The van der Waals surface area contributed by atoms with Gasteiger partial charge in [-0.15, -0.1) is 24.0 Å². The molecule has 0 aliphatic heterocycles. The minimum atomic E-state index is -0.707. The molecule has 2 N–H and O–H groups in total. The summed E-state index contributed by atoms with van der Waals surface area (Å²) in [6.07, 6.45) is 4.27. The Labute approximate surface area is 188 Å². The van der Waals surface area contributed by atoms with E-state index in [-0.39, 0.29) is 29.4 Å². The van der Waals surface area contributed by atoms with Crippen molar-refractivity contribution in [3.63, 3.8) is 0 Å². The van der Waals surface area contributed by atoms with Gasteiger partial charge in [-0.1, -0.05) is 50.9 Å². The van der Waals surface area contributed by atoms with E-state index in [0.717, 1.165) is 49.0 Å². The lowest BCUT2D eigenvalue weighted by Crippen LogP contribution is -2.49. The molecule has 0 saturated heterocycles. The molecule has 1 aromatic rings. The number of guanidine groups is 1. The Morgan fingerprint density at radius 2 is 1.96 bits per heavy atom. The van der Waals surface area contributed by atoms with Crippen molar-refractivity contribution >= 4 is 52.3 Å². The first kappa shape index (κ1) is 24.7. The molecule has 3 unspecified atom stereocenters. The van der Waals surface area contributed by atoms with Crippen molar-refractivity contribution in [2.45, 2.75) is 63.2 Å². The Hall–Kier alpha value is -0.340. The second-order valence-electron chi connectivity index (χ2n) is 7.62. The van der Waals surface area contributed by atoms with Crippen molar-refractivity contribution in [2.24, 2.45) is 4.99 Å². The van der Waals surface area contributed by atoms with Crippen LogP contribution < -0.4 is 10.6 Å². The van der Waals surface area contributed by atoms with Crippen molar-refractivity contribution < 1.29 is 4.21 Å². The molecule has 3 atom stereocenters.